The molecule has 2 aromatic carbocycles. The normalized spacial score (nSPS) is 11.3. The number of fused-ring (bicyclic) bond motifs is 1. The minimum atomic E-state index is -3.89. The molecule has 0 bridgehead atoms. The Labute approximate surface area is 184 Å². The Balaban J connectivity index is 1.54. The molecule has 162 valence electrons. The molecular formula is C26H30NO3P. The molecule has 0 amide bonds. The fraction of sp³-hybridized carbons (Fsp3) is 0.346. The average Bonchev–Trinajstić information content (AvgIpc) is 2.76. The first-order chi connectivity index (χ1) is 15.0. The molecule has 4 nitrogen and oxygen atoms in total. The van der Waals surface area contributed by atoms with E-state index in [0.717, 1.165) is 61.4 Å². The molecule has 0 aliphatic carbocycles. The number of hydrogen-bond acceptors (Lipinski definition) is 2. The van der Waals surface area contributed by atoms with Gasteiger partial charge in [-0.15, -0.1) is 0 Å². The van der Waals surface area contributed by atoms with E-state index in [2.05, 4.69) is 59.3 Å². The van der Waals surface area contributed by atoms with Crippen LogP contribution in [0.1, 0.15) is 55.2 Å². The number of rotatable bonds is 10. The van der Waals surface area contributed by atoms with Gasteiger partial charge in [0.1, 0.15) is 0 Å². The van der Waals surface area contributed by atoms with Crippen LogP contribution in [0.2, 0.25) is 0 Å². The topological polar surface area (TPSA) is 70.4 Å². The molecule has 0 atom stereocenters. The van der Waals surface area contributed by atoms with Crippen molar-refractivity contribution >= 4 is 18.5 Å². The Morgan fingerprint density at radius 1 is 0.839 bits per heavy atom. The molecule has 0 saturated carbocycles. The van der Waals surface area contributed by atoms with E-state index < -0.39 is 7.60 Å². The summed E-state index contributed by atoms with van der Waals surface area (Å²) in [6, 6.07) is 18.7. The Kier molecular flexibility index (Phi) is 8.85. The minimum Gasteiger partial charge on any atom is -0.324 e. The molecule has 0 aliphatic heterocycles. The summed E-state index contributed by atoms with van der Waals surface area (Å²) in [6.07, 6.45) is 9.06. The molecule has 3 aromatic rings. The zero-order valence-electron chi connectivity index (χ0n) is 17.8. The van der Waals surface area contributed by atoms with Gasteiger partial charge in [0.05, 0.1) is 5.52 Å². The van der Waals surface area contributed by atoms with Crippen LogP contribution in [-0.2, 0) is 17.4 Å². The molecule has 2 N–H and O–H groups in total. The number of unbranched alkanes of at least 4 members (excludes halogenated alkanes) is 4. The Hall–Kier alpha value is -2.44. The first-order valence-corrected chi connectivity index (χ1v) is 12.8. The summed E-state index contributed by atoms with van der Waals surface area (Å²) in [7, 11) is -3.89. The second-order valence-electron chi connectivity index (χ2n) is 7.87. The molecule has 1 aromatic heterocycles. The summed E-state index contributed by atoms with van der Waals surface area (Å²) >= 11 is 0. The summed E-state index contributed by atoms with van der Waals surface area (Å²) in [5, 5.41) is 1.08. The van der Waals surface area contributed by atoms with Crippen LogP contribution < -0.4 is 0 Å². The van der Waals surface area contributed by atoms with Crippen LogP contribution in [0.4, 0.5) is 0 Å². The third kappa shape index (κ3) is 7.96. The number of aryl methyl sites for hydroxylation is 2. The highest BCUT2D eigenvalue weighted by Crippen LogP contribution is 2.35. The lowest BCUT2D eigenvalue weighted by Crippen LogP contribution is -1.94. The summed E-state index contributed by atoms with van der Waals surface area (Å²) in [5.41, 5.74) is 4.54. The summed E-state index contributed by atoms with van der Waals surface area (Å²) in [4.78, 5) is 22.5. The predicted molar refractivity (Wildman–Crippen MR) is 127 cm³/mol. The summed E-state index contributed by atoms with van der Waals surface area (Å²) < 4.78 is 11.0. The van der Waals surface area contributed by atoms with Gasteiger partial charge in [0, 0.05) is 29.7 Å². The molecule has 0 aliphatic rings. The van der Waals surface area contributed by atoms with Gasteiger partial charge >= 0.3 is 7.60 Å². The van der Waals surface area contributed by atoms with E-state index in [1.807, 2.05) is 12.1 Å². The monoisotopic (exact) mass is 435 g/mol. The van der Waals surface area contributed by atoms with E-state index in [4.69, 9.17) is 9.79 Å². The quantitative estimate of drug-likeness (QED) is 0.237. The molecule has 31 heavy (non-hydrogen) atoms. The third-order valence-corrected chi connectivity index (χ3v) is 6.23. The van der Waals surface area contributed by atoms with Gasteiger partial charge in [0.15, 0.2) is 0 Å². The SMILES string of the molecule is O=P(O)(O)CCCCCc1ccc(C#CCCCCc2ccccc2)c2cccnc12. The molecule has 1 heterocycles. The fourth-order valence-corrected chi connectivity index (χ4v) is 4.33. The molecule has 0 fully saturated rings. The maximum atomic E-state index is 11.0. The number of nitrogens with zero attached hydrogens (tertiary/aromatic N) is 1. The van der Waals surface area contributed by atoms with Crippen LogP contribution in [-0.4, -0.2) is 20.9 Å². The largest absolute Gasteiger partial charge is 0.325 e. The van der Waals surface area contributed by atoms with Crippen molar-refractivity contribution in [3.8, 4) is 11.8 Å². The molecular weight excluding hydrogens is 405 g/mol. The van der Waals surface area contributed by atoms with Gasteiger partial charge in [-0.3, -0.25) is 9.55 Å². The molecule has 0 radical (unpaired) electrons. The van der Waals surface area contributed by atoms with Crippen LogP contribution in [0.5, 0.6) is 0 Å². The number of pyridine rings is 1. The van der Waals surface area contributed by atoms with Crippen molar-refractivity contribution in [2.75, 3.05) is 6.16 Å². The van der Waals surface area contributed by atoms with Gasteiger partial charge < -0.3 is 9.79 Å². The second kappa shape index (κ2) is 11.8. The zero-order chi connectivity index (χ0) is 21.9. The zero-order valence-corrected chi connectivity index (χ0v) is 18.7. The Morgan fingerprint density at radius 3 is 2.45 bits per heavy atom. The van der Waals surface area contributed by atoms with E-state index in [9.17, 15) is 4.57 Å². The summed E-state index contributed by atoms with van der Waals surface area (Å²) in [5.74, 6) is 6.65. The van der Waals surface area contributed by atoms with Crippen molar-refractivity contribution in [2.24, 2.45) is 0 Å². The van der Waals surface area contributed by atoms with E-state index in [1.54, 1.807) is 6.20 Å². The maximum absolute atomic E-state index is 11.0. The van der Waals surface area contributed by atoms with Crippen molar-refractivity contribution in [2.45, 2.75) is 51.4 Å². The standard InChI is InChI=1S/C26H30NO3P/c28-31(29,30)21-10-4-9-16-24-19-18-23(25-17-11-20-27-26(24)25)15-8-2-1-5-12-22-13-6-3-7-14-22/h3,6-7,11,13-14,17-20H,1-2,4-5,9-10,12,16,21H2,(H2,28,29,30). The molecule has 0 spiro atoms. The summed E-state index contributed by atoms with van der Waals surface area (Å²) in [6.45, 7) is 0. The molecule has 3 rings (SSSR count). The number of aromatic nitrogens is 1. The first kappa shape index (κ1) is 23.2. The minimum absolute atomic E-state index is 0.0358. The van der Waals surface area contributed by atoms with Crippen molar-refractivity contribution < 1.29 is 14.4 Å². The number of hydrogen-bond donors (Lipinski definition) is 2. The van der Waals surface area contributed by atoms with Crippen LogP contribution in [0.25, 0.3) is 10.9 Å². The molecule has 0 saturated heterocycles. The van der Waals surface area contributed by atoms with Gasteiger partial charge in [-0.05, 0) is 61.8 Å². The lowest BCUT2D eigenvalue weighted by atomic mass is 10.00. The van der Waals surface area contributed by atoms with Crippen LogP contribution >= 0.6 is 7.60 Å². The third-order valence-electron chi connectivity index (χ3n) is 5.33. The molecule has 0 unspecified atom stereocenters. The predicted octanol–water partition coefficient (Wildman–Crippen LogP) is 5.89. The van der Waals surface area contributed by atoms with Crippen molar-refractivity contribution in [3.05, 3.63) is 77.5 Å². The first-order valence-electron chi connectivity index (χ1n) is 11.0. The van der Waals surface area contributed by atoms with Gasteiger partial charge in [0.25, 0.3) is 0 Å². The highest BCUT2D eigenvalue weighted by atomic mass is 31.2. The fourth-order valence-electron chi connectivity index (χ4n) is 3.70. The van der Waals surface area contributed by atoms with Gasteiger partial charge in [-0.25, -0.2) is 0 Å². The van der Waals surface area contributed by atoms with Crippen molar-refractivity contribution in [1.82, 2.24) is 4.98 Å². The van der Waals surface area contributed by atoms with Crippen molar-refractivity contribution in [3.63, 3.8) is 0 Å². The molecule has 5 heteroatoms. The second-order valence-corrected chi connectivity index (χ2v) is 9.64. The average molecular weight is 436 g/mol. The van der Waals surface area contributed by atoms with Gasteiger partial charge in [-0.2, -0.15) is 0 Å². The van der Waals surface area contributed by atoms with Crippen molar-refractivity contribution in [1.29, 1.82) is 0 Å². The smallest absolute Gasteiger partial charge is 0.324 e. The van der Waals surface area contributed by atoms with E-state index in [1.165, 1.54) is 11.1 Å². The maximum Gasteiger partial charge on any atom is 0.325 e. The lowest BCUT2D eigenvalue weighted by molar-refractivity contribution is 0.371. The Bertz CT molecular complexity index is 1080. The Morgan fingerprint density at radius 2 is 1.65 bits per heavy atom. The van der Waals surface area contributed by atoms with E-state index in [0.29, 0.717) is 6.42 Å². The lowest BCUT2D eigenvalue weighted by Gasteiger charge is -2.08. The van der Waals surface area contributed by atoms with E-state index in [-0.39, 0.29) is 6.16 Å². The van der Waals surface area contributed by atoms with E-state index >= 15 is 0 Å². The van der Waals surface area contributed by atoms with Crippen LogP contribution in [0, 0.1) is 11.8 Å². The highest BCUT2D eigenvalue weighted by Gasteiger charge is 2.11. The number of benzene rings is 2. The van der Waals surface area contributed by atoms with Crippen LogP contribution in [0.15, 0.2) is 60.8 Å². The highest BCUT2D eigenvalue weighted by molar-refractivity contribution is 7.51. The van der Waals surface area contributed by atoms with Gasteiger partial charge in [-0.1, -0.05) is 60.7 Å². The van der Waals surface area contributed by atoms with Crippen LogP contribution in [0.3, 0.4) is 0 Å². The van der Waals surface area contributed by atoms with Gasteiger partial charge in [0.2, 0.25) is 0 Å².